The van der Waals surface area contributed by atoms with Crippen molar-refractivity contribution in [2.75, 3.05) is 7.11 Å². The van der Waals surface area contributed by atoms with Crippen molar-refractivity contribution in [1.29, 1.82) is 0 Å². The molecule has 8 nitrogen and oxygen atoms in total. The fraction of sp³-hybridized carbons (Fsp3) is 0.125. The zero-order chi connectivity index (χ0) is 22.8. The maximum atomic E-state index is 12.5. The van der Waals surface area contributed by atoms with Gasteiger partial charge in [-0.2, -0.15) is 0 Å². The molecule has 9 heteroatoms. The average Bonchev–Trinajstić information content (AvgIpc) is 3.27. The van der Waals surface area contributed by atoms with Crippen molar-refractivity contribution in [2.45, 2.75) is 17.8 Å². The first-order chi connectivity index (χ1) is 16.1. The molecule has 0 atom stereocenters. The minimum absolute atomic E-state index is 0.107. The highest BCUT2D eigenvalue weighted by Gasteiger charge is 2.17. The maximum Gasteiger partial charge on any atom is 0.258 e. The number of nitrogens with zero attached hydrogens (tertiary/aromatic N) is 6. The molecule has 0 N–H and O–H groups in total. The summed E-state index contributed by atoms with van der Waals surface area (Å²) in [6, 6.07) is 16.9. The second-order valence-corrected chi connectivity index (χ2v) is 8.32. The monoisotopic (exact) mass is 456 g/mol. The van der Waals surface area contributed by atoms with Crippen molar-refractivity contribution in [3.63, 3.8) is 0 Å². The van der Waals surface area contributed by atoms with Crippen LogP contribution in [0.1, 0.15) is 11.3 Å². The number of hydrogen-bond donors (Lipinski definition) is 0. The van der Waals surface area contributed by atoms with Crippen molar-refractivity contribution in [2.24, 2.45) is 0 Å². The van der Waals surface area contributed by atoms with E-state index in [0.717, 1.165) is 22.6 Å². The largest absolute Gasteiger partial charge is 0.497 e. The van der Waals surface area contributed by atoms with E-state index >= 15 is 0 Å². The Kier molecular flexibility index (Phi) is 5.62. The van der Waals surface area contributed by atoms with Crippen LogP contribution in [0.4, 0.5) is 0 Å². The number of aryl methyl sites for hydroxylation is 1. The van der Waals surface area contributed by atoms with E-state index in [9.17, 15) is 4.79 Å². The summed E-state index contributed by atoms with van der Waals surface area (Å²) in [5, 5.41) is 9.57. The molecule has 0 fully saturated rings. The average molecular weight is 457 g/mol. The van der Waals surface area contributed by atoms with E-state index in [-0.39, 0.29) is 5.56 Å². The first-order valence-corrected chi connectivity index (χ1v) is 11.2. The van der Waals surface area contributed by atoms with E-state index in [1.54, 1.807) is 36.2 Å². The summed E-state index contributed by atoms with van der Waals surface area (Å²) in [7, 11) is 1.64. The highest BCUT2D eigenvalue weighted by atomic mass is 32.2. The van der Waals surface area contributed by atoms with Crippen LogP contribution in [0.2, 0.25) is 0 Å². The Hall–Kier alpha value is -3.98. The van der Waals surface area contributed by atoms with Gasteiger partial charge in [-0.3, -0.25) is 18.7 Å². The summed E-state index contributed by atoms with van der Waals surface area (Å²) in [6.07, 6.45) is 5.20. The Morgan fingerprint density at radius 3 is 2.55 bits per heavy atom. The molecular formula is C24H20N6O2S. The van der Waals surface area contributed by atoms with Gasteiger partial charge in [0.2, 0.25) is 0 Å². The van der Waals surface area contributed by atoms with E-state index in [1.165, 1.54) is 11.8 Å². The predicted octanol–water partition coefficient (Wildman–Crippen LogP) is 3.95. The molecule has 164 valence electrons. The number of fused-ring (bicyclic) bond motifs is 1. The molecule has 0 spiro atoms. The van der Waals surface area contributed by atoms with E-state index in [4.69, 9.17) is 4.74 Å². The quantitative estimate of drug-likeness (QED) is 0.358. The molecule has 0 bridgehead atoms. The van der Waals surface area contributed by atoms with Crippen molar-refractivity contribution in [3.8, 4) is 22.8 Å². The molecule has 4 aromatic heterocycles. The number of benzene rings is 1. The number of rotatable bonds is 6. The van der Waals surface area contributed by atoms with Crippen molar-refractivity contribution in [3.05, 3.63) is 94.8 Å². The van der Waals surface area contributed by atoms with Gasteiger partial charge in [-0.1, -0.05) is 11.8 Å². The van der Waals surface area contributed by atoms with E-state index < -0.39 is 0 Å². The Labute approximate surface area is 193 Å². The molecule has 0 radical (unpaired) electrons. The Morgan fingerprint density at radius 1 is 1.00 bits per heavy atom. The second-order valence-electron chi connectivity index (χ2n) is 7.38. The van der Waals surface area contributed by atoms with E-state index in [2.05, 4.69) is 20.2 Å². The van der Waals surface area contributed by atoms with Gasteiger partial charge in [0.05, 0.1) is 12.8 Å². The standard InChI is InChI=1S/C24H20N6O2S/c1-16-9-12-29-21(13-16)26-18(14-22(29)31)15-33-24-28-27-23(17-7-10-25-11-8-17)30(24)19-3-5-20(32-2)6-4-19/h3-14H,15H2,1-2H3. The molecule has 33 heavy (non-hydrogen) atoms. The number of hydrogen-bond acceptors (Lipinski definition) is 7. The lowest BCUT2D eigenvalue weighted by atomic mass is 10.2. The van der Waals surface area contributed by atoms with Gasteiger partial charge < -0.3 is 4.74 Å². The van der Waals surface area contributed by atoms with Crippen LogP contribution in [0.25, 0.3) is 22.7 Å². The smallest absolute Gasteiger partial charge is 0.258 e. The topological polar surface area (TPSA) is 87.2 Å². The Bertz CT molecular complexity index is 1480. The number of ether oxygens (including phenoxy) is 1. The van der Waals surface area contributed by atoms with Crippen LogP contribution in [0.5, 0.6) is 5.75 Å². The van der Waals surface area contributed by atoms with Crippen LogP contribution in [0.15, 0.2) is 83.1 Å². The third-order valence-electron chi connectivity index (χ3n) is 5.13. The minimum Gasteiger partial charge on any atom is -0.497 e. The minimum atomic E-state index is -0.107. The van der Waals surface area contributed by atoms with Gasteiger partial charge in [0, 0.05) is 41.7 Å². The summed E-state index contributed by atoms with van der Waals surface area (Å²) < 4.78 is 8.83. The fourth-order valence-corrected chi connectivity index (χ4v) is 4.33. The van der Waals surface area contributed by atoms with E-state index in [1.807, 2.05) is 60.0 Å². The molecule has 5 aromatic rings. The lowest BCUT2D eigenvalue weighted by Gasteiger charge is -2.11. The van der Waals surface area contributed by atoms with Crippen LogP contribution in [0.3, 0.4) is 0 Å². The molecule has 0 aliphatic carbocycles. The highest BCUT2D eigenvalue weighted by Crippen LogP contribution is 2.30. The lowest BCUT2D eigenvalue weighted by Crippen LogP contribution is -2.15. The van der Waals surface area contributed by atoms with Gasteiger partial charge in [-0.05, 0) is 61.0 Å². The van der Waals surface area contributed by atoms with Crippen LogP contribution in [0, 0.1) is 6.92 Å². The SMILES string of the molecule is COc1ccc(-n2c(SCc3cc(=O)n4ccc(C)cc4n3)nnc2-c2ccncc2)cc1. The molecule has 5 rings (SSSR count). The van der Waals surface area contributed by atoms with Crippen LogP contribution in [-0.4, -0.2) is 36.2 Å². The molecule has 0 saturated carbocycles. The first kappa shape index (κ1) is 20.9. The van der Waals surface area contributed by atoms with Gasteiger partial charge in [-0.25, -0.2) is 4.98 Å². The summed E-state index contributed by atoms with van der Waals surface area (Å²) in [5.74, 6) is 1.94. The fourth-order valence-electron chi connectivity index (χ4n) is 3.48. The summed E-state index contributed by atoms with van der Waals surface area (Å²) in [5.41, 5.74) is 4.06. The van der Waals surface area contributed by atoms with Crippen molar-refractivity contribution >= 4 is 17.4 Å². The molecular weight excluding hydrogens is 436 g/mol. The zero-order valence-corrected chi connectivity index (χ0v) is 18.9. The molecule has 4 heterocycles. The maximum absolute atomic E-state index is 12.5. The van der Waals surface area contributed by atoms with Crippen molar-refractivity contribution < 1.29 is 4.74 Å². The van der Waals surface area contributed by atoms with Gasteiger partial charge in [0.1, 0.15) is 11.4 Å². The third-order valence-corrected chi connectivity index (χ3v) is 6.09. The third kappa shape index (κ3) is 4.22. The van der Waals surface area contributed by atoms with Gasteiger partial charge in [-0.15, -0.1) is 10.2 Å². The number of pyridine rings is 2. The number of methoxy groups -OCH3 is 1. The van der Waals surface area contributed by atoms with Crippen LogP contribution < -0.4 is 10.3 Å². The molecule has 0 aliphatic rings. The molecule has 1 aromatic carbocycles. The normalized spacial score (nSPS) is 11.1. The predicted molar refractivity (Wildman–Crippen MR) is 127 cm³/mol. The van der Waals surface area contributed by atoms with E-state index in [0.29, 0.717) is 28.1 Å². The number of aromatic nitrogens is 6. The molecule has 0 amide bonds. The summed E-state index contributed by atoms with van der Waals surface area (Å²) in [4.78, 5) is 21.3. The van der Waals surface area contributed by atoms with Gasteiger partial charge in [0.25, 0.3) is 5.56 Å². The molecule has 0 unspecified atom stereocenters. The second kappa shape index (κ2) is 8.87. The van der Waals surface area contributed by atoms with Gasteiger partial charge in [0.15, 0.2) is 11.0 Å². The lowest BCUT2D eigenvalue weighted by molar-refractivity contribution is 0.414. The van der Waals surface area contributed by atoms with Gasteiger partial charge >= 0.3 is 0 Å². The Balaban J connectivity index is 1.52. The summed E-state index contributed by atoms with van der Waals surface area (Å²) >= 11 is 1.47. The number of thioether (sulfide) groups is 1. The first-order valence-electron chi connectivity index (χ1n) is 10.2. The molecule has 0 saturated heterocycles. The summed E-state index contributed by atoms with van der Waals surface area (Å²) in [6.45, 7) is 1.98. The van der Waals surface area contributed by atoms with Crippen LogP contribution in [-0.2, 0) is 5.75 Å². The highest BCUT2D eigenvalue weighted by molar-refractivity contribution is 7.98. The molecule has 0 aliphatic heterocycles. The Morgan fingerprint density at radius 2 is 1.79 bits per heavy atom. The zero-order valence-electron chi connectivity index (χ0n) is 18.0. The van der Waals surface area contributed by atoms with Crippen LogP contribution >= 0.6 is 11.8 Å². The van der Waals surface area contributed by atoms with Crippen molar-refractivity contribution in [1.82, 2.24) is 29.1 Å².